The van der Waals surface area contributed by atoms with E-state index in [4.69, 9.17) is 10.8 Å². The zero-order valence-electron chi connectivity index (χ0n) is 10.2. The van der Waals surface area contributed by atoms with Crippen LogP contribution in [0.4, 0.5) is 5.82 Å². The summed E-state index contributed by atoms with van der Waals surface area (Å²) >= 11 is 0. The molecule has 94 valence electrons. The standard InChI is InChI=1S/C12H20N4O/c1-15-4-6-16(7-5-15)12-3-2-10(8-14-12)11(13)9-17/h2-3,8,11,17H,4-7,9,13H2,1H3. The second-order valence-corrected chi connectivity index (χ2v) is 4.53. The lowest BCUT2D eigenvalue weighted by Crippen LogP contribution is -2.44. The van der Waals surface area contributed by atoms with Gasteiger partial charge in [0, 0.05) is 32.4 Å². The van der Waals surface area contributed by atoms with Crippen LogP contribution in [0.1, 0.15) is 11.6 Å². The minimum atomic E-state index is -0.330. The highest BCUT2D eigenvalue weighted by atomic mass is 16.3. The number of rotatable bonds is 3. The summed E-state index contributed by atoms with van der Waals surface area (Å²) in [7, 11) is 2.13. The first kappa shape index (κ1) is 12.3. The van der Waals surface area contributed by atoms with Gasteiger partial charge in [-0.3, -0.25) is 0 Å². The number of likely N-dealkylation sites (N-methyl/N-ethyl adjacent to an activating group) is 1. The summed E-state index contributed by atoms with van der Waals surface area (Å²) in [6.07, 6.45) is 1.76. The molecule has 0 aromatic carbocycles. The van der Waals surface area contributed by atoms with Crippen molar-refractivity contribution >= 4 is 5.82 Å². The first-order valence-corrected chi connectivity index (χ1v) is 5.96. The zero-order chi connectivity index (χ0) is 12.3. The van der Waals surface area contributed by atoms with E-state index in [-0.39, 0.29) is 12.6 Å². The molecule has 1 aliphatic heterocycles. The summed E-state index contributed by atoms with van der Waals surface area (Å²) in [5, 5.41) is 8.97. The number of nitrogens with two attached hydrogens (primary N) is 1. The van der Waals surface area contributed by atoms with Crippen LogP contribution in [0, 0.1) is 0 Å². The van der Waals surface area contributed by atoms with E-state index in [9.17, 15) is 0 Å². The molecule has 0 spiro atoms. The molecule has 1 aromatic rings. The topological polar surface area (TPSA) is 65.6 Å². The number of hydrogen-bond donors (Lipinski definition) is 2. The zero-order valence-corrected chi connectivity index (χ0v) is 10.2. The normalized spacial score (nSPS) is 19.4. The molecule has 0 radical (unpaired) electrons. The van der Waals surface area contributed by atoms with Crippen molar-refractivity contribution in [1.82, 2.24) is 9.88 Å². The minimum Gasteiger partial charge on any atom is -0.394 e. The number of anilines is 1. The number of hydrogen-bond acceptors (Lipinski definition) is 5. The summed E-state index contributed by atoms with van der Waals surface area (Å²) in [6, 6.07) is 3.60. The summed E-state index contributed by atoms with van der Waals surface area (Å²) in [4.78, 5) is 9.00. The van der Waals surface area contributed by atoms with Crippen LogP contribution in [0.15, 0.2) is 18.3 Å². The maximum absolute atomic E-state index is 8.97. The van der Waals surface area contributed by atoms with Crippen molar-refractivity contribution in [2.45, 2.75) is 6.04 Å². The molecule has 3 N–H and O–H groups in total. The molecule has 2 rings (SSSR count). The molecule has 1 fully saturated rings. The maximum Gasteiger partial charge on any atom is 0.128 e. The first-order chi connectivity index (χ1) is 8.20. The molecule has 0 amide bonds. The van der Waals surface area contributed by atoms with Crippen molar-refractivity contribution < 1.29 is 5.11 Å². The van der Waals surface area contributed by atoms with Gasteiger partial charge in [-0.05, 0) is 18.7 Å². The minimum absolute atomic E-state index is 0.0461. The van der Waals surface area contributed by atoms with Gasteiger partial charge in [0.05, 0.1) is 12.6 Å². The monoisotopic (exact) mass is 236 g/mol. The predicted molar refractivity (Wildman–Crippen MR) is 68.0 cm³/mol. The Morgan fingerprint density at radius 3 is 2.59 bits per heavy atom. The van der Waals surface area contributed by atoms with Crippen LogP contribution in [0.2, 0.25) is 0 Å². The fourth-order valence-electron chi connectivity index (χ4n) is 1.94. The molecule has 5 nitrogen and oxygen atoms in total. The van der Waals surface area contributed by atoms with E-state index in [1.807, 2.05) is 12.1 Å². The van der Waals surface area contributed by atoms with Crippen LogP contribution in [0.5, 0.6) is 0 Å². The van der Waals surface area contributed by atoms with Crippen molar-refractivity contribution in [2.75, 3.05) is 44.7 Å². The fourth-order valence-corrected chi connectivity index (χ4v) is 1.94. The smallest absolute Gasteiger partial charge is 0.128 e. The molecule has 5 heteroatoms. The molecule has 1 saturated heterocycles. The highest BCUT2D eigenvalue weighted by Crippen LogP contribution is 2.16. The Balaban J connectivity index is 2.02. The van der Waals surface area contributed by atoms with Crippen LogP contribution in [0.3, 0.4) is 0 Å². The van der Waals surface area contributed by atoms with E-state index < -0.39 is 0 Å². The van der Waals surface area contributed by atoms with Crippen molar-refractivity contribution in [2.24, 2.45) is 5.73 Å². The molecule has 0 aliphatic carbocycles. The number of piperazine rings is 1. The van der Waals surface area contributed by atoms with E-state index in [2.05, 4.69) is 21.8 Å². The average Bonchev–Trinajstić information content (AvgIpc) is 2.39. The van der Waals surface area contributed by atoms with Gasteiger partial charge < -0.3 is 20.6 Å². The van der Waals surface area contributed by atoms with Gasteiger partial charge >= 0.3 is 0 Å². The Bertz CT molecular complexity index is 346. The molecule has 0 saturated carbocycles. The van der Waals surface area contributed by atoms with Gasteiger partial charge in [0.15, 0.2) is 0 Å². The van der Waals surface area contributed by atoms with E-state index in [0.29, 0.717) is 0 Å². The maximum atomic E-state index is 8.97. The molecular formula is C12H20N4O. The Labute approximate surface area is 102 Å². The molecule has 1 atom stereocenters. The Morgan fingerprint density at radius 2 is 2.06 bits per heavy atom. The highest BCUT2D eigenvalue weighted by molar-refractivity contribution is 5.40. The average molecular weight is 236 g/mol. The summed E-state index contributed by atoms with van der Waals surface area (Å²) in [5.74, 6) is 0.993. The SMILES string of the molecule is CN1CCN(c2ccc(C(N)CO)cn2)CC1. The van der Waals surface area contributed by atoms with Crippen LogP contribution in [-0.2, 0) is 0 Å². The van der Waals surface area contributed by atoms with Crippen LogP contribution < -0.4 is 10.6 Å². The molecular weight excluding hydrogens is 216 g/mol. The Kier molecular flexibility index (Phi) is 3.93. The third-order valence-corrected chi connectivity index (χ3v) is 3.22. The van der Waals surface area contributed by atoms with Crippen molar-refractivity contribution in [3.63, 3.8) is 0 Å². The van der Waals surface area contributed by atoms with E-state index in [0.717, 1.165) is 37.6 Å². The van der Waals surface area contributed by atoms with Crippen LogP contribution >= 0.6 is 0 Å². The fraction of sp³-hybridized carbons (Fsp3) is 0.583. The predicted octanol–water partition coefficient (Wildman–Crippen LogP) is -0.174. The molecule has 2 heterocycles. The third kappa shape index (κ3) is 2.94. The summed E-state index contributed by atoms with van der Waals surface area (Å²) < 4.78 is 0. The second kappa shape index (κ2) is 5.44. The van der Waals surface area contributed by atoms with Gasteiger partial charge in [-0.2, -0.15) is 0 Å². The summed E-state index contributed by atoms with van der Waals surface area (Å²) in [6.45, 7) is 4.11. The quantitative estimate of drug-likeness (QED) is 0.762. The van der Waals surface area contributed by atoms with Crippen molar-refractivity contribution in [3.8, 4) is 0 Å². The third-order valence-electron chi connectivity index (χ3n) is 3.22. The number of aliphatic hydroxyl groups is 1. The van der Waals surface area contributed by atoms with Gasteiger partial charge in [-0.1, -0.05) is 6.07 Å². The van der Waals surface area contributed by atoms with E-state index in [1.165, 1.54) is 0 Å². The van der Waals surface area contributed by atoms with E-state index >= 15 is 0 Å². The highest BCUT2D eigenvalue weighted by Gasteiger charge is 2.15. The number of nitrogens with zero attached hydrogens (tertiary/aromatic N) is 3. The van der Waals surface area contributed by atoms with E-state index in [1.54, 1.807) is 6.20 Å². The Morgan fingerprint density at radius 1 is 1.35 bits per heavy atom. The van der Waals surface area contributed by atoms with Gasteiger partial charge in [0.25, 0.3) is 0 Å². The van der Waals surface area contributed by atoms with Crippen molar-refractivity contribution in [1.29, 1.82) is 0 Å². The lowest BCUT2D eigenvalue weighted by atomic mass is 10.1. The molecule has 1 aliphatic rings. The molecule has 17 heavy (non-hydrogen) atoms. The first-order valence-electron chi connectivity index (χ1n) is 5.96. The van der Waals surface area contributed by atoms with Gasteiger partial charge in [-0.25, -0.2) is 4.98 Å². The lowest BCUT2D eigenvalue weighted by Gasteiger charge is -2.33. The van der Waals surface area contributed by atoms with Gasteiger partial charge in [-0.15, -0.1) is 0 Å². The number of aliphatic hydroxyl groups excluding tert-OH is 1. The largest absolute Gasteiger partial charge is 0.394 e. The summed E-state index contributed by atoms with van der Waals surface area (Å²) in [5.41, 5.74) is 6.61. The van der Waals surface area contributed by atoms with Crippen LogP contribution in [0.25, 0.3) is 0 Å². The van der Waals surface area contributed by atoms with Crippen LogP contribution in [-0.4, -0.2) is 54.8 Å². The molecule has 1 unspecified atom stereocenters. The van der Waals surface area contributed by atoms with Gasteiger partial charge in [0.1, 0.15) is 5.82 Å². The molecule has 0 bridgehead atoms. The van der Waals surface area contributed by atoms with Gasteiger partial charge in [0.2, 0.25) is 0 Å². The number of pyridine rings is 1. The molecule has 1 aromatic heterocycles. The second-order valence-electron chi connectivity index (χ2n) is 4.53. The number of aromatic nitrogens is 1. The van der Waals surface area contributed by atoms with Crippen molar-refractivity contribution in [3.05, 3.63) is 23.9 Å². The Hall–Kier alpha value is -1.17. The lowest BCUT2D eigenvalue weighted by molar-refractivity contribution is 0.268.